The van der Waals surface area contributed by atoms with Gasteiger partial charge in [-0.25, -0.2) is 0 Å². The van der Waals surface area contributed by atoms with E-state index in [0.717, 1.165) is 43.4 Å². The largest absolute Gasteiger partial charge is 0.380 e. The van der Waals surface area contributed by atoms with Gasteiger partial charge in [-0.1, -0.05) is 12.2 Å². The lowest BCUT2D eigenvalue weighted by Crippen LogP contribution is -2.37. The van der Waals surface area contributed by atoms with Crippen LogP contribution in [-0.2, 0) is 4.74 Å². The molecule has 2 heteroatoms. The molecule has 3 rings (SSSR count). The van der Waals surface area contributed by atoms with Gasteiger partial charge in [0.25, 0.3) is 0 Å². The molecule has 3 aliphatic rings. The van der Waals surface area contributed by atoms with Gasteiger partial charge in [0.15, 0.2) is 0 Å². The van der Waals surface area contributed by atoms with Crippen LogP contribution < -0.4 is 5.32 Å². The van der Waals surface area contributed by atoms with Gasteiger partial charge in [0.2, 0.25) is 0 Å². The molecule has 2 fully saturated rings. The van der Waals surface area contributed by atoms with Crippen LogP contribution >= 0.6 is 0 Å². The molecule has 4 atom stereocenters. The molecule has 0 aromatic carbocycles. The normalized spacial score (nSPS) is 36.6. The zero-order valence-corrected chi connectivity index (χ0v) is 10.9. The lowest BCUT2D eigenvalue weighted by Gasteiger charge is -2.26. The van der Waals surface area contributed by atoms with Gasteiger partial charge in [-0.15, -0.1) is 0 Å². The Morgan fingerprint density at radius 1 is 1.29 bits per heavy atom. The standard InChI is InChI=1S/C15H25NO/c1-11(15-9-13-4-5-14(15)8-13)16-6-7-17-10-12-2-3-12/h4-5,11-16H,2-3,6-10H2,1H3. The van der Waals surface area contributed by atoms with E-state index in [-0.39, 0.29) is 0 Å². The van der Waals surface area contributed by atoms with Gasteiger partial charge in [0.1, 0.15) is 0 Å². The topological polar surface area (TPSA) is 21.3 Å². The maximum Gasteiger partial charge on any atom is 0.0591 e. The van der Waals surface area contributed by atoms with Crippen molar-refractivity contribution < 1.29 is 4.74 Å². The third kappa shape index (κ3) is 2.92. The van der Waals surface area contributed by atoms with Crippen molar-refractivity contribution in [2.24, 2.45) is 23.7 Å². The number of ether oxygens (including phenoxy) is 1. The highest BCUT2D eigenvalue weighted by Crippen LogP contribution is 2.44. The highest BCUT2D eigenvalue weighted by molar-refractivity contribution is 5.11. The molecule has 2 bridgehead atoms. The molecule has 0 spiro atoms. The molecular formula is C15H25NO. The molecule has 17 heavy (non-hydrogen) atoms. The summed E-state index contributed by atoms with van der Waals surface area (Å²) in [7, 11) is 0. The molecule has 1 N–H and O–H groups in total. The predicted molar refractivity (Wildman–Crippen MR) is 69.9 cm³/mol. The minimum absolute atomic E-state index is 0.652. The SMILES string of the molecule is CC(NCCOCC1CC1)C1CC2C=CC1C2. The van der Waals surface area contributed by atoms with Crippen molar-refractivity contribution in [2.45, 2.75) is 38.6 Å². The quantitative estimate of drug-likeness (QED) is 0.541. The van der Waals surface area contributed by atoms with E-state index in [1.54, 1.807) is 0 Å². The average Bonchev–Trinajstić information content (AvgIpc) is 2.91. The molecule has 2 nitrogen and oxygen atoms in total. The molecule has 0 aliphatic heterocycles. The first-order chi connectivity index (χ1) is 8.33. The number of fused-ring (bicyclic) bond motifs is 2. The zero-order chi connectivity index (χ0) is 11.7. The van der Waals surface area contributed by atoms with E-state index < -0.39 is 0 Å². The lowest BCUT2D eigenvalue weighted by atomic mass is 9.87. The van der Waals surface area contributed by atoms with Crippen molar-refractivity contribution in [2.75, 3.05) is 19.8 Å². The van der Waals surface area contributed by atoms with Crippen LogP contribution in [0, 0.1) is 23.7 Å². The van der Waals surface area contributed by atoms with E-state index in [2.05, 4.69) is 24.4 Å². The highest BCUT2D eigenvalue weighted by Gasteiger charge is 2.38. The first kappa shape index (κ1) is 11.7. The Hall–Kier alpha value is -0.340. The van der Waals surface area contributed by atoms with Crippen molar-refractivity contribution in [1.82, 2.24) is 5.32 Å². The van der Waals surface area contributed by atoms with Crippen molar-refractivity contribution in [3.63, 3.8) is 0 Å². The van der Waals surface area contributed by atoms with E-state index >= 15 is 0 Å². The molecule has 2 saturated carbocycles. The summed E-state index contributed by atoms with van der Waals surface area (Å²) in [5.41, 5.74) is 0. The maximum absolute atomic E-state index is 5.66. The Morgan fingerprint density at radius 3 is 2.82 bits per heavy atom. The molecule has 0 heterocycles. The minimum atomic E-state index is 0.652. The Balaban J connectivity index is 1.30. The van der Waals surface area contributed by atoms with Gasteiger partial charge in [-0.3, -0.25) is 0 Å². The number of rotatable bonds is 7. The van der Waals surface area contributed by atoms with Crippen LogP contribution in [0.25, 0.3) is 0 Å². The second-order valence-corrected chi connectivity index (χ2v) is 6.21. The summed E-state index contributed by atoms with van der Waals surface area (Å²) >= 11 is 0. The smallest absolute Gasteiger partial charge is 0.0591 e. The van der Waals surface area contributed by atoms with Crippen LogP contribution in [0.3, 0.4) is 0 Å². The summed E-state index contributed by atoms with van der Waals surface area (Å²) in [5, 5.41) is 3.64. The Morgan fingerprint density at radius 2 is 2.18 bits per heavy atom. The van der Waals surface area contributed by atoms with Crippen LogP contribution in [0.5, 0.6) is 0 Å². The third-order valence-corrected chi connectivity index (χ3v) is 4.74. The molecule has 4 unspecified atom stereocenters. The number of allylic oxidation sites excluding steroid dienone is 2. The molecule has 96 valence electrons. The molecule has 0 amide bonds. The summed E-state index contributed by atoms with van der Waals surface area (Å²) in [6.07, 6.45) is 10.5. The van der Waals surface area contributed by atoms with E-state index in [4.69, 9.17) is 4.74 Å². The van der Waals surface area contributed by atoms with Crippen molar-refractivity contribution >= 4 is 0 Å². The van der Waals surface area contributed by atoms with E-state index in [9.17, 15) is 0 Å². The van der Waals surface area contributed by atoms with Gasteiger partial charge < -0.3 is 10.1 Å². The van der Waals surface area contributed by atoms with Crippen molar-refractivity contribution in [3.05, 3.63) is 12.2 Å². The molecule has 3 aliphatic carbocycles. The monoisotopic (exact) mass is 235 g/mol. The first-order valence-electron chi connectivity index (χ1n) is 7.32. The number of nitrogens with one attached hydrogen (secondary N) is 1. The average molecular weight is 235 g/mol. The fourth-order valence-corrected chi connectivity index (χ4v) is 3.44. The van der Waals surface area contributed by atoms with Gasteiger partial charge in [0, 0.05) is 19.2 Å². The van der Waals surface area contributed by atoms with Crippen LogP contribution in [0.15, 0.2) is 12.2 Å². The van der Waals surface area contributed by atoms with E-state index in [1.165, 1.54) is 25.7 Å². The summed E-state index contributed by atoms with van der Waals surface area (Å²) < 4.78 is 5.66. The molecule has 0 saturated heterocycles. The fraction of sp³-hybridized carbons (Fsp3) is 0.867. The van der Waals surface area contributed by atoms with Crippen molar-refractivity contribution in [1.29, 1.82) is 0 Å². The van der Waals surface area contributed by atoms with Crippen LogP contribution in [0.2, 0.25) is 0 Å². The van der Waals surface area contributed by atoms with Crippen LogP contribution in [0.4, 0.5) is 0 Å². The van der Waals surface area contributed by atoms with Crippen LogP contribution in [-0.4, -0.2) is 25.8 Å². The molecule has 0 aromatic heterocycles. The van der Waals surface area contributed by atoms with Crippen molar-refractivity contribution in [3.8, 4) is 0 Å². The second kappa shape index (κ2) is 5.11. The van der Waals surface area contributed by atoms with Gasteiger partial charge in [0.05, 0.1) is 6.61 Å². The lowest BCUT2D eigenvalue weighted by molar-refractivity contribution is 0.122. The summed E-state index contributed by atoms with van der Waals surface area (Å²) in [6, 6.07) is 0.652. The summed E-state index contributed by atoms with van der Waals surface area (Å²) in [4.78, 5) is 0. The maximum atomic E-state index is 5.66. The summed E-state index contributed by atoms with van der Waals surface area (Å²) in [5.74, 6) is 3.51. The zero-order valence-electron chi connectivity index (χ0n) is 10.9. The van der Waals surface area contributed by atoms with Gasteiger partial charge >= 0.3 is 0 Å². The third-order valence-electron chi connectivity index (χ3n) is 4.74. The van der Waals surface area contributed by atoms with E-state index in [0.29, 0.717) is 6.04 Å². The summed E-state index contributed by atoms with van der Waals surface area (Å²) in [6.45, 7) is 5.25. The Bertz CT molecular complexity index is 285. The number of hydrogen-bond donors (Lipinski definition) is 1. The van der Waals surface area contributed by atoms with Crippen LogP contribution in [0.1, 0.15) is 32.6 Å². The van der Waals surface area contributed by atoms with Gasteiger partial charge in [-0.05, 0) is 56.3 Å². The first-order valence-corrected chi connectivity index (χ1v) is 7.32. The van der Waals surface area contributed by atoms with E-state index in [1.807, 2.05) is 0 Å². The molecule has 0 radical (unpaired) electrons. The Labute approximate surface area is 105 Å². The fourth-order valence-electron chi connectivity index (χ4n) is 3.44. The van der Waals surface area contributed by atoms with Gasteiger partial charge in [-0.2, -0.15) is 0 Å². The molecule has 0 aromatic rings. The Kier molecular flexibility index (Phi) is 3.53. The second-order valence-electron chi connectivity index (χ2n) is 6.21. The minimum Gasteiger partial charge on any atom is -0.380 e. The highest BCUT2D eigenvalue weighted by atomic mass is 16.5. The number of hydrogen-bond acceptors (Lipinski definition) is 2. The predicted octanol–water partition coefficient (Wildman–Crippen LogP) is 2.60. The molecular weight excluding hydrogens is 210 g/mol.